The molecule has 0 bridgehead atoms. The van der Waals surface area contributed by atoms with Crippen LogP contribution in [0.2, 0.25) is 0 Å². The van der Waals surface area contributed by atoms with Crippen LogP contribution in [0.1, 0.15) is 13.8 Å². The van der Waals surface area contributed by atoms with Gasteiger partial charge in [-0.2, -0.15) is 5.10 Å². The Morgan fingerprint density at radius 3 is 2.00 bits per heavy atom. The van der Waals surface area contributed by atoms with Gasteiger partial charge in [0.25, 0.3) is 0 Å². The summed E-state index contributed by atoms with van der Waals surface area (Å²) < 4.78 is 0. The van der Waals surface area contributed by atoms with Crippen molar-refractivity contribution in [1.82, 2.24) is 0 Å². The van der Waals surface area contributed by atoms with Gasteiger partial charge in [0.15, 0.2) is 0 Å². The van der Waals surface area contributed by atoms with Gasteiger partial charge in [0, 0.05) is 0 Å². The van der Waals surface area contributed by atoms with Gasteiger partial charge in [0.05, 0.1) is 11.4 Å². The van der Waals surface area contributed by atoms with E-state index in [1.54, 1.807) is 13.8 Å². The van der Waals surface area contributed by atoms with Gasteiger partial charge in [-0.1, -0.05) is 0 Å². The van der Waals surface area contributed by atoms with Crippen LogP contribution in [0.5, 0.6) is 0 Å². The second-order valence-corrected chi connectivity index (χ2v) is 1.34. The molecule has 0 radical (unpaired) electrons. The number of nitrogens with one attached hydrogen (secondary N) is 1. The summed E-state index contributed by atoms with van der Waals surface area (Å²) in [5, 5.41) is 10.2. The first-order chi connectivity index (χ1) is 3.18. The molecule has 0 heterocycles. The lowest BCUT2D eigenvalue weighted by atomic mass is 10.3. The maximum absolute atomic E-state index is 6.89. The monoisotopic (exact) mass is 99.1 g/mol. The highest BCUT2D eigenvalue weighted by atomic mass is 15.1. The minimum Gasteiger partial charge on any atom is -0.323 e. The Morgan fingerprint density at radius 1 is 1.57 bits per heavy atom. The van der Waals surface area contributed by atoms with E-state index in [9.17, 15) is 0 Å². The molecule has 0 atom stereocenters. The maximum Gasteiger partial charge on any atom is 0.0773 e. The predicted molar refractivity (Wildman–Crippen MR) is 30.7 cm³/mol. The maximum atomic E-state index is 6.89. The summed E-state index contributed by atoms with van der Waals surface area (Å²) in [5.41, 5.74) is 1.00. The molecule has 0 amide bonds. The molecule has 0 aliphatic rings. The van der Waals surface area contributed by atoms with Gasteiger partial charge in [-0.05, 0) is 13.8 Å². The standard InChI is InChI=1S/C4H9N3/c1-3(5)4(2)7-6/h5H,6H2,1-2H3. The van der Waals surface area contributed by atoms with Crippen molar-refractivity contribution < 1.29 is 0 Å². The third-order valence-corrected chi connectivity index (χ3v) is 0.736. The highest BCUT2D eigenvalue weighted by Gasteiger charge is 1.87. The van der Waals surface area contributed by atoms with E-state index < -0.39 is 0 Å². The number of hydrogen-bond donors (Lipinski definition) is 2. The second-order valence-electron chi connectivity index (χ2n) is 1.34. The van der Waals surface area contributed by atoms with E-state index in [4.69, 9.17) is 11.3 Å². The fourth-order valence-corrected chi connectivity index (χ4v) is 0.0968. The van der Waals surface area contributed by atoms with Crippen molar-refractivity contribution in [2.24, 2.45) is 10.9 Å². The molecule has 0 unspecified atom stereocenters. The molecule has 3 heteroatoms. The van der Waals surface area contributed by atoms with Gasteiger partial charge in [0.2, 0.25) is 0 Å². The van der Waals surface area contributed by atoms with E-state index in [0.29, 0.717) is 11.4 Å². The van der Waals surface area contributed by atoms with Crippen LogP contribution in [0.4, 0.5) is 0 Å². The number of hydrogen-bond acceptors (Lipinski definition) is 3. The Hall–Kier alpha value is -0.860. The molecular weight excluding hydrogens is 90.1 g/mol. The van der Waals surface area contributed by atoms with E-state index >= 15 is 0 Å². The number of hydrazone groups is 1. The van der Waals surface area contributed by atoms with Gasteiger partial charge < -0.3 is 11.3 Å². The lowest BCUT2D eigenvalue weighted by Gasteiger charge is -1.87. The molecule has 0 saturated carbocycles. The molecule has 0 aromatic heterocycles. The van der Waals surface area contributed by atoms with E-state index in [2.05, 4.69) is 5.10 Å². The highest BCUT2D eigenvalue weighted by Crippen LogP contribution is 1.73. The third kappa shape index (κ3) is 1.92. The van der Waals surface area contributed by atoms with Crippen LogP contribution in [-0.4, -0.2) is 11.4 Å². The van der Waals surface area contributed by atoms with E-state index in [-0.39, 0.29) is 0 Å². The largest absolute Gasteiger partial charge is 0.323 e. The third-order valence-electron chi connectivity index (χ3n) is 0.736. The minimum atomic E-state index is 0.419. The number of rotatable bonds is 1. The van der Waals surface area contributed by atoms with Crippen molar-refractivity contribution in [2.45, 2.75) is 13.8 Å². The average molecular weight is 99.1 g/mol. The number of nitrogens with zero attached hydrogens (tertiary/aromatic N) is 1. The minimum absolute atomic E-state index is 0.419. The van der Waals surface area contributed by atoms with Gasteiger partial charge in [0.1, 0.15) is 0 Å². The zero-order valence-corrected chi connectivity index (χ0v) is 4.52. The Labute approximate surface area is 42.7 Å². The smallest absolute Gasteiger partial charge is 0.0773 e. The second kappa shape index (κ2) is 2.34. The van der Waals surface area contributed by atoms with Crippen molar-refractivity contribution in [3.8, 4) is 0 Å². The fraction of sp³-hybridized carbons (Fsp3) is 0.500. The van der Waals surface area contributed by atoms with Crippen molar-refractivity contribution in [3.63, 3.8) is 0 Å². The van der Waals surface area contributed by atoms with Crippen molar-refractivity contribution in [3.05, 3.63) is 0 Å². The van der Waals surface area contributed by atoms with Crippen LogP contribution in [0, 0.1) is 5.41 Å². The molecule has 0 aromatic carbocycles. The summed E-state index contributed by atoms with van der Waals surface area (Å²) in [5.74, 6) is 4.82. The summed E-state index contributed by atoms with van der Waals surface area (Å²) >= 11 is 0. The van der Waals surface area contributed by atoms with Gasteiger partial charge in [-0.3, -0.25) is 0 Å². The van der Waals surface area contributed by atoms with Crippen LogP contribution >= 0.6 is 0 Å². The van der Waals surface area contributed by atoms with Gasteiger partial charge in [-0.15, -0.1) is 0 Å². The molecule has 0 aliphatic carbocycles. The van der Waals surface area contributed by atoms with Gasteiger partial charge >= 0.3 is 0 Å². The topological polar surface area (TPSA) is 62.2 Å². The Bertz CT molecular complexity index is 104. The first kappa shape index (κ1) is 6.14. The lowest BCUT2D eigenvalue weighted by Crippen LogP contribution is -2.05. The van der Waals surface area contributed by atoms with Crippen LogP contribution < -0.4 is 5.84 Å². The summed E-state index contributed by atoms with van der Waals surface area (Å²) in [7, 11) is 0. The predicted octanol–water partition coefficient (Wildman–Crippen LogP) is 0.361. The van der Waals surface area contributed by atoms with Gasteiger partial charge in [-0.25, -0.2) is 0 Å². The zero-order valence-electron chi connectivity index (χ0n) is 4.52. The van der Waals surface area contributed by atoms with E-state index in [0.717, 1.165) is 0 Å². The first-order valence-corrected chi connectivity index (χ1v) is 1.98. The number of nitrogens with two attached hydrogens (primary N) is 1. The molecule has 3 N–H and O–H groups in total. The normalized spacial score (nSPS) is 11.4. The summed E-state index contributed by atoms with van der Waals surface area (Å²) in [4.78, 5) is 0. The molecular formula is C4H9N3. The van der Waals surface area contributed by atoms with Crippen LogP contribution in [0.3, 0.4) is 0 Å². The van der Waals surface area contributed by atoms with E-state index in [1.165, 1.54) is 0 Å². The molecule has 0 spiro atoms. The summed E-state index contributed by atoms with van der Waals surface area (Å²) in [6, 6.07) is 0. The Balaban J connectivity index is 3.82. The zero-order chi connectivity index (χ0) is 5.86. The Kier molecular flexibility index (Phi) is 2.05. The van der Waals surface area contributed by atoms with Crippen LogP contribution in [-0.2, 0) is 0 Å². The molecule has 0 aliphatic heterocycles. The molecule has 0 rings (SSSR count). The van der Waals surface area contributed by atoms with Crippen molar-refractivity contribution in [2.75, 3.05) is 0 Å². The molecule has 0 saturated heterocycles. The van der Waals surface area contributed by atoms with Crippen LogP contribution in [0.25, 0.3) is 0 Å². The average Bonchev–Trinajstić information content (AvgIpc) is 1.65. The first-order valence-electron chi connectivity index (χ1n) is 1.98. The summed E-state index contributed by atoms with van der Waals surface area (Å²) in [6.45, 7) is 3.34. The van der Waals surface area contributed by atoms with Crippen molar-refractivity contribution in [1.29, 1.82) is 5.41 Å². The Morgan fingerprint density at radius 2 is 2.00 bits per heavy atom. The molecule has 0 aromatic rings. The molecule has 0 fully saturated rings. The van der Waals surface area contributed by atoms with Crippen molar-refractivity contribution >= 4 is 11.4 Å². The lowest BCUT2D eigenvalue weighted by molar-refractivity contribution is 1.24. The molecule has 3 nitrogen and oxygen atoms in total. The molecule has 40 valence electrons. The summed E-state index contributed by atoms with van der Waals surface area (Å²) in [6.07, 6.45) is 0. The fourth-order valence-electron chi connectivity index (χ4n) is 0.0968. The quantitative estimate of drug-likeness (QED) is 0.278. The highest BCUT2D eigenvalue weighted by molar-refractivity contribution is 6.39. The van der Waals surface area contributed by atoms with Crippen LogP contribution in [0.15, 0.2) is 5.10 Å². The molecule has 7 heavy (non-hydrogen) atoms. The SMILES string of the molecule is CC(=N)C(C)=NN. The van der Waals surface area contributed by atoms with E-state index in [1.807, 2.05) is 0 Å².